The minimum atomic E-state index is 0.00345. The molecular formula is C28H29ClN2O2. The van der Waals surface area contributed by atoms with Crippen LogP contribution in [0.1, 0.15) is 36.8 Å². The van der Waals surface area contributed by atoms with Crippen LogP contribution in [-0.2, 0) is 6.54 Å². The number of ether oxygens (including phenoxy) is 1. The maximum absolute atomic E-state index is 13.2. The van der Waals surface area contributed by atoms with Crippen LogP contribution in [0.15, 0.2) is 71.5 Å². The van der Waals surface area contributed by atoms with Crippen LogP contribution < -0.4 is 10.3 Å². The molecule has 4 nitrogen and oxygen atoms in total. The smallest absolute Gasteiger partial charge is 0.261 e. The van der Waals surface area contributed by atoms with E-state index in [1.54, 1.807) is 4.57 Å². The number of aromatic nitrogens is 2. The second kappa shape index (κ2) is 10.7. The minimum Gasteiger partial charge on any atom is -0.493 e. The Labute approximate surface area is 199 Å². The van der Waals surface area contributed by atoms with Gasteiger partial charge in [0.15, 0.2) is 0 Å². The molecule has 0 radical (unpaired) electrons. The van der Waals surface area contributed by atoms with E-state index in [2.05, 4.69) is 26.0 Å². The standard InChI is InChI=1S/C28H29ClN2O2/c1-20-11-16-26(21(2)19-20)33-18-8-4-3-7-17-31-27(22-12-14-23(29)15-13-22)30-25-10-6-5-9-24(25)28(31)32/h5-6,9-16,19H,3-4,7-8,17-18H2,1-2H3. The van der Waals surface area contributed by atoms with Crippen molar-refractivity contribution in [3.8, 4) is 17.1 Å². The molecule has 3 aromatic carbocycles. The quantitative estimate of drug-likeness (QED) is 0.253. The van der Waals surface area contributed by atoms with Crippen molar-refractivity contribution in [3.05, 3.63) is 93.2 Å². The molecule has 0 spiro atoms. The number of unbranched alkanes of at least 4 members (excludes halogenated alkanes) is 3. The molecular weight excluding hydrogens is 432 g/mol. The highest BCUT2D eigenvalue weighted by Crippen LogP contribution is 2.22. The highest BCUT2D eigenvalue weighted by atomic mass is 35.5. The van der Waals surface area contributed by atoms with Gasteiger partial charge in [0.05, 0.1) is 17.5 Å². The predicted octanol–water partition coefficient (Wildman–Crippen LogP) is 6.97. The maximum atomic E-state index is 13.2. The van der Waals surface area contributed by atoms with Crippen LogP contribution in [0.3, 0.4) is 0 Å². The van der Waals surface area contributed by atoms with Gasteiger partial charge in [0.1, 0.15) is 11.6 Å². The molecule has 170 valence electrons. The van der Waals surface area contributed by atoms with Crippen LogP contribution in [0.5, 0.6) is 5.75 Å². The molecule has 0 unspecified atom stereocenters. The lowest BCUT2D eigenvalue weighted by atomic mass is 10.1. The van der Waals surface area contributed by atoms with Crippen molar-refractivity contribution in [2.75, 3.05) is 6.61 Å². The van der Waals surface area contributed by atoms with E-state index in [9.17, 15) is 4.79 Å². The summed E-state index contributed by atoms with van der Waals surface area (Å²) in [6.45, 7) is 5.51. The molecule has 4 aromatic rings. The average Bonchev–Trinajstić information content (AvgIpc) is 2.81. The number of aryl methyl sites for hydroxylation is 2. The normalized spacial score (nSPS) is 11.1. The summed E-state index contributed by atoms with van der Waals surface area (Å²) in [5.41, 5.74) is 4.03. The Morgan fingerprint density at radius 1 is 0.909 bits per heavy atom. The molecule has 0 N–H and O–H groups in total. The number of fused-ring (bicyclic) bond motifs is 1. The van der Waals surface area contributed by atoms with Crippen LogP contribution in [0, 0.1) is 13.8 Å². The third-order valence-corrected chi connectivity index (χ3v) is 6.08. The fourth-order valence-corrected chi connectivity index (χ4v) is 4.19. The number of nitrogens with zero attached hydrogens (tertiary/aromatic N) is 2. The highest BCUT2D eigenvalue weighted by molar-refractivity contribution is 6.30. The van der Waals surface area contributed by atoms with Crippen LogP contribution in [0.2, 0.25) is 5.02 Å². The lowest BCUT2D eigenvalue weighted by Crippen LogP contribution is -2.23. The van der Waals surface area contributed by atoms with E-state index >= 15 is 0 Å². The van der Waals surface area contributed by atoms with Crippen molar-refractivity contribution in [1.82, 2.24) is 9.55 Å². The van der Waals surface area contributed by atoms with E-state index in [0.717, 1.165) is 37.0 Å². The Bertz CT molecular complexity index is 1300. The van der Waals surface area contributed by atoms with Gasteiger partial charge in [-0.05, 0) is 74.7 Å². The van der Waals surface area contributed by atoms with Crippen molar-refractivity contribution < 1.29 is 4.74 Å². The fourth-order valence-electron chi connectivity index (χ4n) is 4.06. The molecule has 0 aliphatic heterocycles. The zero-order chi connectivity index (χ0) is 23.2. The SMILES string of the molecule is Cc1ccc(OCCCCCCn2c(-c3ccc(Cl)cc3)nc3ccccc3c2=O)c(C)c1. The number of benzene rings is 3. The molecule has 0 amide bonds. The summed E-state index contributed by atoms with van der Waals surface area (Å²) in [6, 6.07) is 21.3. The number of rotatable bonds is 9. The molecule has 0 atom stereocenters. The lowest BCUT2D eigenvalue weighted by Gasteiger charge is -2.14. The predicted molar refractivity (Wildman–Crippen MR) is 136 cm³/mol. The summed E-state index contributed by atoms with van der Waals surface area (Å²) >= 11 is 6.06. The first-order valence-corrected chi connectivity index (χ1v) is 11.9. The van der Waals surface area contributed by atoms with E-state index in [4.69, 9.17) is 21.3 Å². The van der Waals surface area contributed by atoms with Gasteiger partial charge in [-0.3, -0.25) is 9.36 Å². The number of para-hydroxylation sites is 1. The van der Waals surface area contributed by atoms with Gasteiger partial charge in [-0.25, -0.2) is 4.98 Å². The second-order valence-corrected chi connectivity index (χ2v) is 8.88. The molecule has 1 heterocycles. The maximum Gasteiger partial charge on any atom is 0.261 e. The summed E-state index contributed by atoms with van der Waals surface area (Å²) in [5.74, 6) is 1.65. The Hall–Kier alpha value is -3.11. The summed E-state index contributed by atoms with van der Waals surface area (Å²) in [7, 11) is 0. The molecule has 1 aromatic heterocycles. The van der Waals surface area contributed by atoms with Crippen LogP contribution in [0.4, 0.5) is 0 Å². The van der Waals surface area contributed by atoms with Gasteiger partial charge in [-0.2, -0.15) is 0 Å². The van der Waals surface area contributed by atoms with Crippen LogP contribution in [0.25, 0.3) is 22.3 Å². The summed E-state index contributed by atoms with van der Waals surface area (Å²) in [6.07, 6.45) is 3.97. The molecule has 0 saturated carbocycles. The number of hydrogen-bond donors (Lipinski definition) is 0. The van der Waals surface area contributed by atoms with Gasteiger partial charge >= 0.3 is 0 Å². The molecule has 0 saturated heterocycles. The second-order valence-electron chi connectivity index (χ2n) is 8.45. The molecule has 33 heavy (non-hydrogen) atoms. The third kappa shape index (κ3) is 5.63. The minimum absolute atomic E-state index is 0.00345. The molecule has 0 bridgehead atoms. The monoisotopic (exact) mass is 460 g/mol. The van der Waals surface area contributed by atoms with Gasteiger partial charge in [0.2, 0.25) is 0 Å². The average molecular weight is 461 g/mol. The summed E-state index contributed by atoms with van der Waals surface area (Å²) in [5, 5.41) is 1.31. The first-order chi connectivity index (χ1) is 16.0. The summed E-state index contributed by atoms with van der Waals surface area (Å²) in [4.78, 5) is 18.1. The number of halogens is 1. The van der Waals surface area contributed by atoms with Crippen LogP contribution in [-0.4, -0.2) is 16.2 Å². The molecule has 0 fully saturated rings. The van der Waals surface area contributed by atoms with Gasteiger partial charge < -0.3 is 4.74 Å². The third-order valence-electron chi connectivity index (χ3n) is 5.83. The van der Waals surface area contributed by atoms with Crippen molar-refractivity contribution in [1.29, 1.82) is 0 Å². The van der Waals surface area contributed by atoms with E-state index in [1.165, 1.54) is 11.1 Å². The van der Waals surface area contributed by atoms with Crippen molar-refractivity contribution in [3.63, 3.8) is 0 Å². The highest BCUT2D eigenvalue weighted by Gasteiger charge is 2.12. The van der Waals surface area contributed by atoms with Gasteiger partial charge in [-0.15, -0.1) is 0 Å². The Morgan fingerprint density at radius 3 is 2.45 bits per heavy atom. The lowest BCUT2D eigenvalue weighted by molar-refractivity contribution is 0.302. The first-order valence-electron chi connectivity index (χ1n) is 11.5. The van der Waals surface area contributed by atoms with Crippen molar-refractivity contribution in [2.24, 2.45) is 0 Å². The molecule has 5 heteroatoms. The molecule has 0 aliphatic carbocycles. The molecule has 0 aliphatic rings. The molecule has 4 rings (SSSR count). The first kappa shape index (κ1) is 23.1. The van der Waals surface area contributed by atoms with Gasteiger partial charge in [0.25, 0.3) is 5.56 Å². The Morgan fingerprint density at radius 2 is 1.67 bits per heavy atom. The van der Waals surface area contributed by atoms with E-state index in [-0.39, 0.29) is 5.56 Å². The van der Waals surface area contributed by atoms with Gasteiger partial charge in [0, 0.05) is 17.1 Å². The Balaban J connectivity index is 1.39. The fraction of sp³-hybridized carbons (Fsp3) is 0.286. The summed E-state index contributed by atoms with van der Waals surface area (Å²) < 4.78 is 7.74. The van der Waals surface area contributed by atoms with E-state index in [0.29, 0.717) is 34.9 Å². The number of hydrogen-bond acceptors (Lipinski definition) is 3. The largest absolute Gasteiger partial charge is 0.493 e. The van der Waals surface area contributed by atoms with Crippen molar-refractivity contribution >= 4 is 22.5 Å². The zero-order valence-electron chi connectivity index (χ0n) is 19.2. The van der Waals surface area contributed by atoms with Crippen LogP contribution >= 0.6 is 11.6 Å². The van der Waals surface area contributed by atoms with Crippen molar-refractivity contribution in [2.45, 2.75) is 46.1 Å². The van der Waals surface area contributed by atoms with Gasteiger partial charge in [-0.1, -0.05) is 54.3 Å². The zero-order valence-corrected chi connectivity index (χ0v) is 19.9. The Kier molecular flexibility index (Phi) is 7.46. The van der Waals surface area contributed by atoms with E-state index < -0.39 is 0 Å². The topological polar surface area (TPSA) is 44.1 Å². The van der Waals surface area contributed by atoms with E-state index in [1.807, 2.05) is 54.6 Å².